The molecule has 0 aliphatic rings. The van der Waals surface area contributed by atoms with Crippen LogP contribution in [0.2, 0.25) is 0 Å². The summed E-state index contributed by atoms with van der Waals surface area (Å²) < 4.78 is 2.11. The normalized spacial score (nSPS) is 10.7. The van der Waals surface area contributed by atoms with Gasteiger partial charge in [-0.15, -0.1) is 24.8 Å². The second-order valence-corrected chi connectivity index (χ2v) is 11.6. The van der Waals surface area contributed by atoms with Crippen molar-refractivity contribution in [1.82, 2.24) is 9.55 Å². The number of nitrogens with two attached hydrogens (primary N) is 2. The van der Waals surface area contributed by atoms with Crippen LogP contribution >= 0.6 is 24.8 Å². The minimum atomic E-state index is 0. The van der Waals surface area contributed by atoms with Crippen molar-refractivity contribution in [2.45, 2.75) is 32.2 Å². The Bertz CT molecular complexity index is 2070. The monoisotopic (exact) mass is 679 g/mol. The average Bonchev–Trinajstić information content (AvgIpc) is 3.39. The van der Waals surface area contributed by atoms with Gasteiger partial charge in [0.1, 0.15) is 17.5 Å². The van der Waals surface area contributed by atoms with Crippen LogP contribution in [-0.4, -0.2) is 27.1 Å². The number of nitrogen functional groups attached to an aromatic ring is 2. The van der Waals surface area contributed by atoms with Crippen molar-refractivity contribution in [2.24, 2.45) is 18.5 Å². The Hall–Kier alpha value is -5.18. The molecule has 0 spiro atoms. The highest BCUT2D eigenvalue weighted by Crippen LogP contribution is 2.27. The lowest BCUT2D eigenvalue weighted by Gasteiger charge is -2.24. The highest BCUT2D eigenvalue weighted by Gasteiger charge is 2.19. The third kappa shape index (κ3) is 8.02. The number of anilines is 1. The maximum Gasteiger partial charge on any atom is 0.227 e. The SMILES string of the molecule is Cl.Cl.Cn1c(CCc2ccc(C(=N)N)cc2)nc2cc(N(Cc3ccc4ccccc4c3)C(=O)CCc3ccc(C(=N)N)cc3)ccc21. The van der Waals surface area contributed by atoms with Crippen LogP contribution in [0.25, 0.3) is 21.8 Å². The Kier molecular flexibility index (Phi) is 11.6. The molecule has 0 fully saturated rings. The average molecular weight is 681 g/mol. The van der Waals surface area contributed by atoms with E-state index in [0.29, 0.717) is 30.5 Å². The van der Waals surface area contributed by atoms with Gasteiger partial charge in [0.25, 0.3) is 0 Å². The van der Waals surface area contributed by atoms with E-state index in [-0.39, 0.29) is 42.4 Å². The molecule has 0 atom stereocenters. The number of fused-ring (bicyclic) bond motifs is 2. The minimum Gasteiger partial charge on any atom is -0.384 e. The number of hydrogen-bond donors (Lipinski definition) is 4. The predicted molar refractivity (Wildman–Crippen MR) is 201 cm³/mol. The summed E-state index contributed by atoms with van der Waals surface area (Å²) in [6.45, 7) is 0.439. The number of carbonyl (C=O) groups is 1. The molecule has 10 heteroatoms. The van der Waals surface area contributed by atoms with Crippen LogP contribution in [0.4, 0.5) is 5.69 Å². The quantitative estimate of drug-likeness (QED) is 0.0858. The van der Waals surface area contributed by atoms with Crippen LogP contribution in [-0.2, 0) is 37.6 Å². The van der Waals surface area contributed by atoms with Crippen molar-refractivity contribution in [3.63, 3.8) is 0 Å². The van der Waals surface area contributed by atoms with Gasteiger partial charge in [0.2, 0.25) is 5.91 Å². The predicted octanol–water partition coefficient (Wildman–Crippen LogP) is 7.09. The van der Waals surface area contributed by atoms with E-state index in [9.17, 15) is 4.79 Å². The van der Waals surface area contributed by atoms with Crippen molar-refractivity contribution in [1.29, 1.82) is 10.8 Å². The van der Waals surface area contributed by atoms with Gasteiger partial charge in [0.15, 0.2) is 0 Å². The van der Waals surface area contributed by atoms with E-state index in [1.54, 1.807) is 0 Å². The smallest absolute Gasteiger partial charge is 0.227 e. The first kappa shape index (κ1) is 35.7. The highest BCUT2D eigenvalue weighted by atomic mass is 35.5. The fourth-order valence-electron chi connectivity index (χ4n) is 5.82. The Morgan fingerprint density at radius 1 is 0.708 bits per heavy atom. The highest BCUT2D eigenvalue weighted by molar-refractivity contribution is 5.97. The van der Waals surface area contributed by atoms with Crippen LogP contribution in [0.5, 0.6) is 0 Å². The molecule has 0 aliphatic heterocycles. The number of aryl methyl sites for hydroxylation is 4. The molecule has 0 bridgehead atoms. The van der Waals surface area contributed by atoms with E-state index in [2.05, 4.69) is 34.9 Å². The Labute approximate surface area is 292 Å². The Balaban J connectivity index is 0.00000260. The number of benzene rings is 5. The molecule has 0 radical (unpaired) electrons. The zero-order chi connectivity index (χ0) is 32.2. The van der Waals surface area contributed by atoms with Crippen molar-refractivity contribution < 1.29 is 4.79 Å². The Morgan fingerprint density at radius 3 is 1.92 bits per heavy atom. The van der Waals surface area contributed by atoms with E-state index in [1.165, 1.54) is 0 Å². The molecular weight excluding hydrogens is 641 g/mol. The molecular formula is C38H39Cl2N7O. The first-order chi connectivity index (χ1) is 22.2. The van der Waals surface area contributed by atoms with Crippen molar-refractivity contribution >= 4 is 69.9 Å². The zero-order valence-electron chi connectivity index (χ0n) is 26.6. The molecule has 8 nitrogen and oxygen atoms in total. The third-order valence-corrected chi connectivity index (χ3v) is 8.52. The van der Waals surface area contributed by atoms with Gasteiger partial charge in [0, 0.05) is 36.7 Å². The van der Waals surface area contributed by atoms with Crippen LogP contribution in [0.15, 0.2) is 109 Å². The molecule has 6 rings (SSSR count). The summed E-state index contributed by atoms with van der Waals surface area (Å²) in [6, 6.07) is 35.9. The van der Waals surface area contributed by atoms with E-state index in [4.69, 9.17) is 27.3 Å². The van der Waals surface area contributed by atoms with E-state index in [1.807, 2.05) is 90.8 Å². The number of nitrogens with one attached hydrogen (secondary N) is 2. The first-order valence-electron chi connectivity index (χ1n) is 15.4. The van der Waals surface area contributed by atoms with Crippen LogP contribution in [0.3, 0.4) is 0 Å². The summed E-state index contributed by atoms with van der Waals surface area (Å²) in [6.07, 6.45) is 2.47. The number of aromatic nitrogens is 2. The standard InChI is InChI=1S/C38H37N7O.2ClH/c1-44-34-19-18-32(23-33(34)43-35(44)20-11-25-6-14-29(15-7-25)37(39)40)45(24-27-10-13-28-4-2-3-5-31(28)22-27)36(46)21-12-26-8-16-30(17-9-26)38(41)42;;/h2-10,13-19,22-23H,11-12,20-21,24H2,1H3,(H3,39,40)(H3,41,42);2*1H. The van der Waals surface area contributed by atoms with E-state index < -0.39 is 0 Å². The number of hydrogen-bond acceptors (Lipinski definition) is 4. The molecule has 0 saturated carbocycles. The summed E-state index contributed by atoms with van der Waals surface area (Å²) >= 11 is 0. The summed E-state index contributed by atoms with van der Waals surface area (Å²) in [5.74, 6) is 1.08. The molecule has 5 aromatic carbocycles. The molecule has 6 aromatic rings. The van der Waals surface area contributed by atoms with Gasteiger partial charge in [-0.1, -0.05) is 84.9 Å². The van der Waals surface area contributed by atoms with Crippen LogP contribution < -0.4 is 16.4 Å². The van der Waals surface area contributed by atoms with Crippen molar-refractivity contribution in [3.8, 4) is 0 Å². The molecule has 1 aromatic heterocycles. The fourth-order valence-corrected chi connectivity index (χ4v) is 5.82. The third-order valence-electron chi connectivity index (χ3n) is 8.52. The molecule has 1 amide bonds. The zero-order valence-corrected chi connectivity index (χ0v) is 28.3. The van der Waals surface area contributed by atoms with Crippen LogP contribution in [0, 0.1) is 10.8 Å². The number of amides is 1. The van der Waals surface area contributed by atoms with Gasteiger partial charge >= 0.3 is 0 Å². The number of nitrogens with zero attached hydrogens (tertiary/aromatic N) is 3. The summed E-state index contributed by atoms with van der Waals surface area (Å²) in [4.78, 5) is 20.8. The van der Waals surface area contributed by atoms with Crippen molar-refractivity contribution in [2.75, 3.05) is 4.90 Å². The Morgan fingerprint density at radius 2 is 1.29 bits per heavy atom. The second kappa shape index (κ2) is 15.6. The van der Waals surface area contributed by atoms with Gasteiger partial charge in [-0.3, -0.25) is 15.6 Å². The van der Waals surface area contributed by atoms with E-state index >= 15 is 0 Å². The topological polar surface area (TPSA) is 138 Å². The van der Waals surface area contributed by atoms with E-state index in [0.717, 1.165) is 62.8 Å². The number of amidine groups is 2. The lowest BCUT2D eigenvalue weighted by molar-refractivity contribution is -0.118. The summed E-state index contributed by atoms with van der Waals surface area (Å²) in [7, 11) is 2.03. The molecule has 0 unspecified atom stereocenters. The molecule has 246 valence electrons. The van der Waals surface area contributed by atoms with Gasteiger partial charge in [0.05, 0.1) is 17.6 Å². The number of imidazole rings is 1. The van der Waals surface area contributed by atoms with Gasteiger partial charge in [-0.05, 0) is 64.6 Å². The van der Waals surface area contributed by atoms with Crippen molar-refractivity contribution in [3.05, 3.63) is 143 Å². The number of carbonyl (C=O) groups excluding carboxylic acids is 1. The first-order valence-corrected chi connectivity index (χ1v) is 15.4. The summed E-state index contributed by atoms with van der Waals surface area (Å²) in [5.41, 5.74) is 18.5. The molecule has 0 saturated heterocycles. The lowest BCUT2D eigenvalue weighted by Crippen LogP contribution is -2.30. The molecule has 6 N–H and O–H groups in total. The number of halogens is 2. The maximum absolute atomic E-state index is 13.9. The fraction of sp³-hybridized carbons (Fsp3) is 0.158. The molecule has 48 heavy (non-hydrogen) atoms. The van der Waals surface area contributed by atoms with Gasteiger partial charge in [-0.2, -0.15) is 0 Å². The number of rotatable bonds is 11. The minimum absolute atomic E-state index is 0. The lowest BCUT2D eigenvalue weighted by atomic mass is 10.0. The van der Waals surface area contributed by atoms with Crippen LogP contribution in [0.1, 0.15) is 40.1 Å². The maximum atomic E-state index is 13.9. The summed E-state index contributed by atoms with van der Waals surface area (Å²) in [5, 5.41) is 17.6. The van der Waals surface area contributed by atoms with Gasteiger partial charge in [-0.25, -0.2) is 4.98 Å². The second-order valence-electron chi connectivity index (χ2n) is 11.6. The molecule has 1 heterocycles. The van der Waals surface area contributed by atoms with Gasteiger partial charge < -0.3 is 20.9 Å². The largest absolute Gasteiger partial charge is 0.384 e. The molecule has 0 aliphatic carbocycles.